The minimum atomic E-state index is -0.312. The Balaban J connectivity index is 2.39. The van der Waals surface area contributed by atoms with Crippen molar-refractivity contribution in [1.82, 2.24) is 5.16 Å². The van der Waals surface area contributed by atoms with Gasteiger partial charge in [0, 0.05) is 11.6 Å². The average molecular weight is 193 g/mol. The van der Waals surface area contributed by atoms with Crippen molar-refractivity contribution in [2.75, 3.05) is 5.43 Å². The Labute approximate surface area is 79.5 Å². The molecular weight excluding hydrogens is 185 g/mol. The summed E-state index contributed by atoms with van der Waals surface area (Å²) in [5.41, 5.74) is 3.50. The van der Waals surface area contributed by atoms with E-state index in [4.69, 9.17) is 10.4 Å². The Hall–Kier alpha value is -1.88. The van der Waals surface area contributed by atoms with E-state index in [9.17, 15) is 4.39 Å². The van der Waals surface area contributed by atoms with Crippen LogP contribution in [0, 0.1) is 5.82 Å². The minimum Gasteiger partial charge on any atom is -0.337 e. The lowest BCUT2D eigenvalue weighted by molar-refractivity contribution is 0.435. The van der Waals surface area contributed by atoms with E-state index in [1.807, 2.05) is 0 Å². The van der Waals surface area contributed by atoms with Gasteiger partial charge in [0.25, 0.3) is 0 Å². The van der Waals surface area contributed by atoms with E-state index in [1.54, 1.807) is 18.2 Å². The lowest BCUT2D eigenvalue weighted by Crippen LogP contribution is -2.04. The molecule has 1 aromatic heterocycles. The van der Waals surface area contributed by atoms with Crippen LogP contribution in [0.2, 0.25) is 0 Å². The highest BCUT2D eigenvalue weighted by Crippen LogP contribution is 2.21. The van der Waals surface area contributed by atoms with Crippen molar-refractivity contribution in [3.63, 3.8) is 0 Å². The fraction of sp³-hybridized carbons (Fsp3) is 0. The Morgan fingerprint density at radius 3 is 2.86 bits per heavy atom. The Morgan fingerprint density at radius 1 is 1.36 bits per heavy atom. The van der Waals surface area contributed by atoms with Crippen molar-refractivity contribution < 1.29 is 8.91 Å². The summed E-state index contributed by atoms with van der Waals surface area (Å²) in [7, 11) is 0. The molecule has 14 heavy (non-hydrogen) atoms. The fourth-order valence-corrected chi connectivity index (χ4v) is 1.13. The molecule has 0 atom stereocenters. The Bertz CT molecular complexity index is 441. The number of hydrogen-bond donors (Lipinski definition) is 2. The molecule has 0 fully saturated rings. The molecule has 0 unspecified atom stereocenters. The van der Waals surface area contributed by atoms with Gasteiger partial charge in [-0.1, -0.05) is 17.3 Å². The van der Waals surface area contributed by atoms with Gasteiger partial charge in [0.1, 0.15) is 11.5 Å². The second-order valence-electron chi connectivity index (χ2n) is 2.73. The third-order valence-electron chi connectivity index (χ3n) is 1.77. The number of halogens is 1. The average Bonchev–Trinajstić information content (AvgIpc) is 2.66. The van der Waals surface area contributed by atoms with E-state index in [0.717, 1.165) is 0 Å². The van der Waals surface area contributed by atoms with Crippen molar-refractivity contribution in [3.05, 3.63) is 36.1 Å². The van der Waals surface area contributed by atoms with Crippen LogP contribution in [0.25, 0.3) is 11.3 Å². The number of nitrogens with two attached hydrogens (primary N) is 1. The standard InChI is InChI=1S/C9H8FN3O/c10-7-3-1-2-6(4-7)8-5-9(12-11)14-13-8/h1-5,12H,11H2. The van der Waals surface area contributed by atoms with Crippen LogP contribution in [0.1, 0.15) is 0 Å². The van der Waals surface area contributed by atoms with Crippen LogP contribution in [0.15, 0.2) is 34.9 Å². The minimum absolute atomic E-state index is 0.312. The summed E-state index contributed by atoms with van der Waals surface area (Å²) in [4.78, 5) is 0. The summed E-state index contributed by atoms with van der Waals surface area (Å²) in [6.07, 6.45) is 0. The van der Waals surface area contributed by atoms with E-state index in [-0.39, 0.29) is 5.82 Å². The Kier molecular flexibility index (Phi) is 2.16. The predicted molar refractivity (Wildman–Crippen MR) is 49.7 cm³/mol. The van der Waals surface area contributed by atoms with Crippen LogP contribution in [0.3, 0.4) is 0 Å². The van der Waals surface area contributed by atoms with Crippen LogP contribution in [-0.4, -0.2) is 5.16 Å². The largest absolute Gasteiger partial charge is 0.337 e. The molecule has 0 aliphatic rings. The number of nitrogen functional groups attached to an aromatic ring is 1. The molecule has 0 spiro atoms. The van der Waals surface area contributed by atoms with E-state index < -0.39 is 0 Å². The van der Waals surface area contributed by atoms with Gasteiger partial charge in [-0.2, -0.15) is 0 Å². The molecule has 5 heteroatoms. The summed E-state index contributed by atoms with van der Waals surface area (Å²) in [6.45, 7) is 0. The molecule has 1 aromatic carbocycles. The summed E-state index contributed by atoms with van der Waals surface area (Å²) in [5, 5.41) is 3.71. The highest BCUT2D eigenvalue weighted by atomic mass is 19.1. The van der Waals surface area contributed by atoms with Crippen molar-refractivity contribution >= 4 is 5.88 Å². The van der Waals surface area contributed by atoms with Gasteiger partial charge in [-0.05, 0) is 12.1 Å². The third kappa shape index (κ3) is 1.57. The third-order valence-corrected chi connectivity index (χ3v) is 1.77. The SMILES string of the molecule is NNc1cc(-c2cccc(F)c2)no1. The highest BCUT2D eigenvalue weighted by Gasteiger charge is 2.05. The van der Waals surface area contributed by atoms with Crippen LogP contribution >= 0.6 is 0 Å². The van der Waals surface area contributed by atoms with Crippen molar-refractivity contribution in [2.24, 2.45) is 5.84 Å². The van der Waals surface area contributed by atoms with Crippen LogP contribution in [0.5, 0.6) is 0 Å². The summed E-state index contributed by atoms with van der Waals surface area (Å²) >= 11 is 0. The van der Waals surface area contributed by atoms with Crippen molar-refractivity contribution in [2.45, 2.75) is 0 Å². The maximum atomic E-state index is 12.8. The molecule has 1 heterocycles. The van der Waals surface area contributed by atoms with Crippen LogP contribution < -0.4 is 11.3 Å². The van der Waals surface area contributed by atoms with Gasteiger partial charge in [-0.15, -0.1) is 0 Å². The molecule has 0 aliphatic carbocycles. The first-order valence-electron chi connectivity index (χ1n) is 3.99. The number of nitrogens with one attached hydrogen (secondary N) is 1. The Morgan fingerprint density at radius 2 is 2.21 bits per heavy atom. The smallest absolute Gasteiger partial charge is 0.239 e. The first kappa shape index (κ1) is 8.71. The van der Waals surface area contributed by atoms with E-state index >= 15 is 0 Å². The number of aromatic nitrogens is 1. The van der Waals surface area contributed by atoms with Crippen LogP contribution in [0.4, 0.5) is 10.3 Å². The van der Waals surface area contributed by atoms with Gasteiger partial charge in [-0.25, -0.2) is 10.2 Å². The van der Waals surface area contributed by atoms with Gasteiger partial charge >= 0.3 is 0 Å². The number of hydrazine groups is 1. The molecule has 4 nitrogen and oxygen atoms in total. The lowest BCUT2D eigenvalue weighted by Gasteiger charge is -1.93. The monoisotopic (exact) mass is 193 g/mol. The molecule has 2 aromatic rings. The quantitative estimate of drug-likeness (QED) is 0.563. The molecule has 72 valence electrons. The van der Waals surface area contributed by atoms with E-state index in [1.165, 1.54) is 12.1 Å². The zero-order chi connectivity index (χ0) is 9.97. The second-order valence-corrected chi connectivity index (χ2v) is 2.73. The van der Waals surface area contributed by atoms with Gasteiger partial charge in [-0.3, -0.25) is 5.43 Å². The lowest BCUT2D eigenvalue weighted by atomic mass is 10.1. The van der Waals surface area contributed by atoms with Crippen LogP contribution in [-0.2, 0) is 0 Å². The maximum Gasteiger partial charge on any atom is 0.239 e. The number of rotatable bonds is 2. The molecule has 0 radical (unpaired) electrons. The zero-order valence-electron chi connectivity index (χ0n) is 7.20. The molecular formula is C9H8FN3O. The summed E-state index contributed by atoms with van der Waals surface area (Å²) in [6, 6.07) is 7.68. The normalized spacial score (nSPS) is 10.1. The van der Waals surface area contributed by atoms with Gasteiger partial charge < -0.3 is 4.52 Å². The molecule has 0 bridgehead atoms. The molecule has 3 N–H and O–H groups in total. The van der Waals surface area contributed by atoms with Gasteiger partial charge in [0.2, 0.25) is 5.88 Å². The molecule has 2 rings (SSSR count). The van der Waals surface area contributed by atoms with E-state index in [2.05, 4.69) is 10.6 Å². The fourth-order valence-electron chi connectivity index (χ4n) is 1.13. The molecule has 0 amide bonds. The molecule has 0 aliphatic heterocycles. The zero-order valence-corrected chi connectivity index (χ0v) is 7.20. The molecule has 0 saturated heterocycles. The summed E-state index contributed by atoms with van der Waals surface area (Å²) < 4.78 is 17.6. The summed E-state index contributed by atoms with van der Waals surface area (Å²) in [5.74, 6) is 5.14. The number of nitrogens with zero attached hydrogens (tertiary/aromatic N) is 1. The first-order valence-corrected chi connectivity index (χ1v) is 3.99. The number of anilines is 1. The topological polar surface area (TPSA) is 64.1 Å². The maximum absolute atomic E-state index is 12.8. The van der Waals surface area contributed by atoms with Gasteiger partial charge in [0.05, 0.1) is 0 Å². The number of hydrogen-bond acceptors (Lipinski definition) is 4. The number of benzene rings is 1. The van der Waals surface area contributed by atoms with E-state index in [0.29, 0.717) is 17.1 Å². The predicted octanol–water partition coefficient (Wildman–Crippen LogP) is 1.77. The van der Waals surface area contributed by atoms with Crippen molar-refractivity contribution in [1.29, 1.82) is 0 Å². The van der Waals surface area contributed by atoms with Crippen molar-refractivity contribution in [3.8, 4) is 11.3 Å². The first-order chi connectivity index (χ1) is 6.79. The second kappa shape index (κ2) is 3.47. The van der Waals surface area contributed by atoms with Gasteiger partial charge in [0.15, 0.2) is 0 Å². The highest BCUT2D eigenvalue weighted by molar-refractivity contribution is 5.61. The molecule has 0 saturated carbocycles.